The molecule has 11 atom stereocenters. The first-order valence-electron chi connectivity index (χ1n) is 9.72. The molecule has 9 heteroatoms. The van der Waals surface area contributed by atoms with Crippen molar-refractivity contribution in [3.8, 4) is 0 Å². The molecular formula is C19H26O9. The van der Waals surface area contributed by atoms with Gasteiger partial charge in [-0.25, -0.2) is 0 Å². The van der Waals surface area contributed by atoms with Gasteiger partial charge in [-0.3, -0.25) is 9.59 Å². The second kappa shape index (κ2) is 4.89. The van der Waals surface area contributed by atoms with E-state index in [0.717, 1.165) is 0 Å². The van der Waals surface area contributed by atoms with Gasteiger partial charge in [0, 0.05) is 12.3 Å². The number of hydrogen-bond donors (Lipinski definition) is 4. The molecule has 0 aromatic heterocycles. The van der Waals surface area contributed by atoms with E-state index < -0.39 is 82.4 Å². The number of aliphatic hydroxyl groups excluding tert-OH is 3. The third-order valence-electron chi connectivity index (χ3n) is 8.39. The number of carbonyl (C=O) groups excluding carboxylic acids is 2. The molecule has 4 N–H and O–H groups in total. The first-order valence-corrected chi connectivity index (χ1v) is 9.72. The Kier molecular flexibility index (Phi) is 3.28. The van der Waals surface area contributed by atoms with Gasteiger partial charge in [-0.05, 0) is 20.8 Å². The van der Waals surface area contributed by atoms with Gasteiger partial charge in [0.15, 0.2) is 5.60 Å². The van der Waals surface area contributed by atoms with Crippen molar-refractivity contribution in [2.24, 2.45) is 23.2 Å². The molecule has 2 bridgehead atoms. The first kappa shape index (κ1) is 18.7. The van der Waals surface area contributed by atoms with Crippen molar-refractivity contribution in [1.82, 2.24) is 0 Å². The SMILES string of the molecule is C[C@H](O)[C@@H]1C[C@@]2(OC1=O)[C@H]1O[C@@H]3[C@H](O)[C@@H]4[C@H](C(=O)OC4(C)C)[C@](O)([C@H]1O)[C@@]32C. The van der Waals surface area contributed by atoms with Gasteiger partial charge in [0.1, 0.15) is 23.4 Å². The average molecular weight is 398 g/mol. The van der Waals surface area contributed by atoms with Crippen molar-refractivity contribution in [2.75, 3.05) is 0 Å². The zero-order valence-electron chi connectivity index (χ0n) is 16.2. The lowest BCUT2D eigenvalue weighted by Crippen LogP contribution is -2.75. The summed E-state index contributed by atoms with van der Waals surface area (Å²) in [5.41, 5.74) is -5.98. The molecule has 5 rings (SSSR count). The largest absolute Gasteiger partial charge is 0.459 e. The summed E-state index contributed by atoms with van der Waals surface area (Å²) in [6, 6.07) is 0. The van der Waals surface area contributed by atoms with Crippen LogP contribution < -0.4 is 0 Å². The van der Waals surface area contributed by atoms with Crippen LogP contribution in [0.4, 0.5) is 0 Å². The number of rotatable bonds is 1. The minimum Gasteiger partial charge on any atom is -0.459 e. The third kappa shape index (κ3) is 1.59. The van der Waals surface area contributed by atoms with Crippen LogP contribution in [-0.4, -0.2) is 79.7 Å². The van der Waals surface area contributed by atoms with Gasteiger partial charge in [0.25, 0.3) is 0 Å². The van der Waals surface area contributed by atoms with Crippen molar-refractivity contribution in [3.63, 3.8) is 0 Å². The van der Waals surface area contributed by atoms with Gasteiger partial charge in [-0.1, -0.05) is 6.92 Å². The molecule has 156 valence electrons. The van der Waals surface area contributed by atoms with Crippen LogP contribution in [0.25, 0.3) is 0 Å². The van der Waals surface area contributed by atoms with E-state index in [-0.39, 0.29) is 6.42 Å². The van der Waals surface area contributed by atoms with E-state index in [2.05, 4.69) is 0 Å². The molecule has 3 saturated heterocycles. The Morgan fingerprint density at radius 1 is 1.07 bits per heavy atom. The molecule has 3 aliphatic heterocycles. The monoisotopic (exact) mass is 398 g/mol. The summed E-state index contributed by atoms with van der Waals surface area (Å²) in [5.74, 6) is -4.18. The maximum Gasteiger partial charge on any atom is 0.313 e. The van der Waals surface area contributed by atoms with Gasteiger partial charge in [-0.15, -0.1) is 0 Å². The molecular weight excluding hydrogens is 372 g/mol. The van der Waals surface area contributed by atoms with Gasteiger partial charge in [0.05, 0.1) is 35.6 Å². The highest BCUT2D eigenvalue weighted by Crippen LogP contribution is 2.74. The Bertz CT molecular complexity index is 779. The number of cyclic esters (lactones) is 1. The predicted molar refractivity (Wildman–Crippen MR) is 89.5 cm³/mol. The summed E-state index contributed by atoms with van der Waals surface area (Å²) in [6.07, 6.45) is -5.75. The van der Waals surface area contributed by atoms with Gasteiger partial charge < -0.3 is 34.6 Å². The minimum absolute atomic E-state index is 0.0169. The van der Waals surface area contributed by atoms with Gasteiger partial charge in [-0.2, -0.15) is 0 Å². The minimum atomic E-state index is -2.01. The Morgan fingerprint density at radius 3 is 2.29 bits per heavy atom. The molecule has 2 aliphatic carbocycles. The quantitative estimate of drug-likeness (QED) is 0.388. The van der Waals surface area contributed by atoms with Crippen LogP contribution in [0.1, 0.15) is 34.1 Å². The molecule has 0 radical (unpaired) electrons. The molecule has 2 saturated carbocycles. The first-order chi connectivity index (χ1) is 12.8. The van der Waals surface area contributed by atoms with E-state index in [9.17, 15) is 30.0 Å². The van der Waals surface area contributed by atoms with E-state index in [0.29, 0.717) is 0 Å². The number of ether oxygens (including phenoxy) is 3. The van der Waals surface area contributed by atoms with E-state index >= 15 is 0 Å². The maximum absolute atomic E-state index is 12.8. The van der Waals surface area contributed by atoms with Crippen molar-refractivity contribution >= 4 is 11.9 Å². The van der Waals surface area contributed by atoms with E-state index in [1.165, 1.54) is 6.92 Å². The van der Waals surface area contributed by atoms with Crippen LogP contribution >= 0.6 is 0 Å². The number of fused-ring (bicyclic) bond motifs is 2. The highest BCUT2D eigenvalue weighted by Gasteiger charge is 2.92. The lowest BCUT2D eigenvalue weighted by Gasteiger charge is -2.58. The normalized spacial score (nSPS) is 59.4. The Labute approximate surface area is 161 Å². The number of hydrogen-bond acceptors (Lipinski definition) is 9. The lowest BCUT2D eigenvalue weighted by atomic mass is 9.50. The van der Waals surface area contributed by atoms with E-state index in [4.69, 9.17) is 14.2 Å². The molecule has 0 aromatic rings. The van der Waals surface area contributed by atoms with Crippen molar-refractivity contribution < 1.29 is 44.2 Å². The topological polar surface area (TPSA) is 143 Å². The summed E-state index contributed by atoms with van der Waals surface area (Å²) in [4.78, 5) is 25.3. The van der Waals surface area contributed by atoms with E-state index in [1.807, 2.05) is 0 Å². The van der Waals surface area contributed by atoms with Crippen molar-refractivity contribution in [1.29, 1.82) is 0 Å². The summed E-state index contributed by atoms with van der Waals surface area (Å²) in [5, 5.41) is 44.1. The smallest absolute Gasteiger partial charge is 0.313 e. The van der Waals surface area contributed by atoms with Crippen LogP contribution in [0.15, 0.2) is 0 Å². The average Bonchev–Trinajstić information content (AvgIpc) is 3.17. The second-order valence-electron chi connectivity index (χ2n) is 9.83. The maximum atomic E-state index is 12.8. The molecule has 9 nitrogen and oxygen atoms in total. The molecule has 0 aromatic carbocycles. The Hall–Kier alpha value is -1.26. The van der Waals surface area contributed by atoms with Crippen LogP contribution in [0, 0.1) is 23.2 Å². The predicted octanol–water partition coefficient (Wildman–Crippen LogP) is -1.51. The lowest BCUT2D eigenvalue weighted by molar-refractivity contribution is -0.297. The zero-order valence-corrected chi connectivity index (χ0v) is 16.2. The zero-order chi connectivity index (χ0) is 20.6. The molecule has 3 heterocycles. The Morgan fingerprint density at radius 2 is 1.71 bits per heavy atom. The summed E-state index contributed by atoms with van der Waals surface area (Å²) in [7, 11) is 0. The van der Waals surface area contributed by atoms with Crippen molar-refractivity contribution in [2.45, 2.75) is 81.4 Å². The molecule has 5 aliphatic rings. The second-order valence-corrected chi connectivity index (χ2v) is 9.83. The number of esters is 2. The van der Waals surface area contributed by atoms with E-state index in [1.54, 1.807) is 20.8 Å². The molecule has 5 fully saturated rings. The Balaban J connectivity index is 1.70. The molecule has 0 amide bonds. The molecule has 0 unspecified atom stereocenters. The van der Waals surface area contributed by atoms with Gasteiger partial charge >= 0.3 is 11.9 Å². The number of carbonyl (C=O) groups is 2. The fraction of sp³-hybridized carbons (Fsp3) is 0.895. The summed E-state index contributed by atoms with van der Waals surface area (Å²) >= 11 is 0. The number of aliphatic hydroxyl groups is 4. The molecule has 1 spiro atoms. The standard InChI is InChI=1S/C19H26O9/c1-6(20)7-5-18(28-14(7)23)13-11(22)19(25)9-8(16(2,3)27-15(9)24)10(21)12(26-13)17(18,19)4/h6-13,20-22,25H,5H2,1-4H3/t6-,7-,8-,9+,10+,11-,12+,13-,17-,18+,19-/m0/s1. The fourth-order valence-electron chi connectivity index (χ4n) is 7.06. The fourth-order valence-corrected chi connectivity index (χ4v) is 7.06. The van der Waals surface area contributed by atoms with Crippen LogP contribution in [0.2, 0.25) is 0 Å². The highest BCUT2D eigenvalue weighted by atomic mass is 16.6. The van der Waals surface area contributed by atoms with Crippen LogP contribution in [0.5, 0.6) is 0 Å². The van der Waals surface area contributed by atoms with Crippen molar-refractivity contribution in [3.05, 3.63) is 0 Å². The van der Waals surface area contributed by atoms with Crippen LogP contribution in [-0.2, 0) is 23.8 Å². The summed E-state index contributed by atoms with van der Waals surface area (Å²) < 4.78 is 17.2. The molecule has 28 heavy (non-hydrogen) atoms. The highest BCUT2D eigenvalue weighted by molar-refractivity contribution is 5.80. The van der Waals surface area contributed by atoms with Gasteiger partial charge in [0.2, 0.25) is 0 Å². The van der Waals surface area contributed by atoms with Crippen LogP contribution in [0.3, 0.4) is 0 Å². The third-order valence-corrected chi connectivity index (χ3v) is 8.39. The summed E-state index contributed by atoms with van der Waals surface area (Å²) in [6.45, 7) is 6.36.